The van der Waals surface area contributed by atoms with Crippen LogP contribution in [-0.4, -0.2) is 54.0 Å². The topological polar surface area (TPSA) is 29.5 Å². The molecule has 3 heteroatoms. The minimum atomic E-state index is -0.176. The minimum absolute atomic E-state index is 0. The molecule has 1 aliphatic heterocycles. The smallest absolute Gasteiger partial charge is 0.0795 e. The Bertz CT molecular complexity index is 43.0. The Morgan fingerprint density at radius 3 is 2.43 bits per heavy atom. The molecule has 1 aliphatic rings. The third kappa shape index (κ3) is 2.67. The monoisotopic (exact) mass is 111 g/mol. The molecule has 1 saturated heterocycles. The maximum absolute atomic E-state index is 8.60. The molecule has 1 atom stereocenters. The van der Waals surface area contributed by atoms with Crippen molar-refractivity contribution < 1.29 is 9.84 Å². The molecular formula is C4H8NaO2. The van der Waals surface area contributed by atoms with Crippen LogP contribution in [0.3, 0.4) is 0 Å². The quantitative estimate of drug-likeness (QED) is 0.422. The van der Waals surface area contributed by atoms with Gasteiger partial charge in [-0.3, -0.25) is 0 Å². The second-order valence-electron chi connectivity index (χ2n) is 1.52. The fourth-order valence-electron chi connectivity index (χ4n) is 0.522. The molecule has 1 radical (unpaired) electrons. The van der Waals surface area contributed by atoms with Gasteiger partial charge in [0.2, 0.25) is 0 Å². The van der Waals surface area contributed by atoms with Gasteiger partial charge in [0, 0.05) is 36.2 Å². The van der Waals surface area contributed by atoms with Crippen LogP contribution in [-0.2, 0) is 4.74 Å². The van der Waals surface area contributed by atoms with Gasteiger partial charge in [0.25, 0.3) is 0 Å². The van der Waals surface area contributed by atoms with E-state index in [0.29, 0.717) is 6.61 Å². The van der Waals surface area contributed by atoms with Gasteiger partial charge in [-0.1, -0.05) is 0 Å². The van der Waals surface area contributed by atoms with Gasteiger partial charge in [-0.05, 0) is 6.42 Å². The summed E-state index contributed by atoms with van der Waals surface area (Å²) in [4.78, 5) is 0. The zero-order valence-electron chi connectivity index (χ0n) is 4.55. The zero-order chi connectivity index (χ0) is 4.41. The minimum Gasteiger partial charge on any atom is -0.391 e. The maximum Gasteiger partial charge on any atom is 0.0795 e. The first-order chi connectivity index (χ1) is 2.89. The van der Waals surface area contributed by atoms with E-state index in [9.17, 15) is 0 Å². The predicted octanol–water partition coefficient (Wildman–Crippen LogP) is -0.613. The van der Waals surface area contributed by atoms with Crippen molar-refractivity contribution in [1.29, 1.82) is 0 Å². The van der Waals surface area contributed by atoms with E-state index < -0.39 is 0 Å². The normalized spacial score (nSPS) is 29.6. The van der Waals surface area contributed by atoms with Gasteiger partial charge in [-0.2, -0.15) is 0 Å². The summed E-state index contributed by atoms with van der Waals surface area (Å²) < 4.78 is 4.81. The summed E-state index contributed by atoms with van der Waals surface area (Å²) in [5.74, 6) is 0. The predicted molar refractivity (Wildman–Crippen MR) is 27.2 cm³/mol. The number of hydrogen-bond donors (Lipinski definition) is 1. The van der Waals surface area contributed by atoms with Gasteiger partial charge < -0.3 is 9.84 Å². The molecule has 0 unspecified atom stereocenters. The molecule has 1 heterocycles. The number of hydrogen-bond acceptors (Lipinski definition) is 2. The molecule has 0 aromatic rings. The number of aliphatic hydroxyl groups excluding tert-OH is 1. The van der Waals surface area contributed by atoms with Crippen LogP contribution < -0.4 is 0 Å². The maximum atomic E-state index is 8.60. The van der Waals surface area contributed by atoms with Crippen molar-refractivity contribution in [2.45, 2.75) is 12.5 Å². The van der Waals surface area contributed by atoms with Gasteiger partial charge in [0.05, 0.1) is 12.7 Å². The Kier molecular flexibility index (Phi) is 4.37. The Morgan fingerprint density at radius 1 is 1.57 bits per heavy atom. The van der Waals surface area contributed by atoms with Crippen LogP contribution in [0, 0.1) is 0 Å². The van der Waals surface area contributed by atoms with E-state index in [-0.39, 0.29) is 35.7 Å². The average Bonchev–Trinajstić information content (AvgIpc) is 1.86. The van der Waals surface area contributed by atoms with E-state index >= 15 is 0 Å². The van der Waals surface area contributed by atoms with Crippen LogP contribution in [0.4, 0.5) is 0 Å². The molecule has 1 fully saturated rings. The van der Waals surface area contributed by atoms with E-state index in [1.807, 2.05) is 0 Å². The fourth-order valence-corrected chi connectivity index (χ4v) is 0.522. The molecular weight excluding hydrogens is 103 g/mol. The van der Waals surface area contributed by atoms with Crippen molar-refractivity contribution in [3.63, 3.8) is 0 Å². The molecule has 0 amide bonds. The van der Waals surface area contributed by atoms with Crippen molar-refractivity contribution >= 4 is 29.6 Å². The van der Waals surface area contributed by atoms with Crippen LogP contribution in [0.1, 0.15) is 6.42 Å². The summed E-state index contributed by atoms with van der Waals surface area (Å²) in [5, 5.41) is 8.60. The second kappa shape index (κ2) is 3.87. The second-order valence-corrected chi connectivity index (χ2v) is 1.52. The van der Waals surface area contributed by atoms with E-state index in [1.165, 1.54) is 0 Å². The van der Waals surface area contributed by atoms with E-state index in [4.69, 9.17) is 9.84 Å². The number of ether oxygens (including phenoxy) is 1. The van der Waals surface area contributed by atoms with Crippen LogP contribution in [0.15, 0.2) is 0 Å². The van der Waals surface area contributed by atoms with Crippen LogP contribution in [0.5, 0.6) is 0 Å². The zero-order valence-corrected chi connectivity index (χ0v) is 6.55. The molecule has 0 aromatic carbocycles. The Balaban J connectivity index is 0.000000360. The number of rotatable bonds is 0. The van der Waals surface area contributed by atoms with Gasteiger partial charge in [-0.25, -0.2) is 0 Å². The van der Waals surface area contributed by atoms with E-state index in [1.54, 1.807) is 0 Å². The molecule has 0 aromatic heterocycles. The van der Waals surface area contributed by atoms with Gasteiger partial charge in [0.15, 0.2) is 0 Å². The first-order valence-corrected chi connectivity index (χ1v) is 2.15. The third-order valence-electron chi connectivity index (χ3n) is 0.906. The summed E-state index contributed by atoms with van der Waals surface area (Å²) in [7, 11) is 0. The summed E-state index contributed by atoms with van der Waals surface area (Å²) >= 11 is 0. The van der Waals surface area contributed by atoms with Crippen LogP contribution in [0.2, 0.25) is 0 Å². The SMILES string of the molecule is O[C@H]1CCOC1.[Na]. The molecule has 2 nitrogen and oxygen atoms in total. The molecule has 37 valence electrons. The number of aliphatic hydroxyl groups is 1. The van der Waals surface area contributed by atoms with Gasteiger partial charge in [0.1, 0.15) is 0 Å². The van der Waals surface area contributed by atoms with Gasteiger partial charge >= 0.3 is 0 Å². The first kappa shape index (κ1) is 7.92. The Hall–Kier alpha value is 0.920. The molecule has 0 aliphatic carbocycles. The van der Waals surface area contributed by atoms with Crippen molar-refractivity contribution in [2.24, 2.45) is 0 Å². The molecule has 1 rings (SSSR count). The fraction of sp³-hybridized carbons (Fsp3) is 1.00. The van der Waals surface area contributed by atoms with Crippen molar-refractivity contribution in [3.05, 3.63) is 0 Å². The van der Waals surface area contributed by atoms with Crippen molar-refractivity contribution in [3.8, 4) is 0 Å². The third-order valence-corrected chi connectivity index (χ3v) is 0.906. The summed E-state index contributed by atoms with van der Waals surface area (Å²) in [5.41, 5.74) is 0. The standard InChI is InChI=1S/C4H8O2.Na/c5-4-1-2-6-3-4;/h4-5H,1-3H2;/t4-;/m0./s1. The average molecular weight is 111 g/mol. The summed E-state index contributed by atoms with van der Waals surface area (Å²) in [6.07, 6.45) is 0.644. The Morgan fingerprint density at radius 2 is 2.29 bits per heavy atom. The summed E-state index contributed by atoms with van der Waals surface area (Å²) in [6.45, 7) is 1.28. The van der Waals surface area contributed by atoms with Gasteiger partial charge in [-0.15, -0.1) is 0 Å². The van der Waals surface area contributed by atoms with E-state index in [2.05, 4.69) is 0 Å². The molecule has 0 saturated carbocycles. The molecule has 0 bridgehead atoms. The largest absolute Gasteiger partial charge is 0.391 e. The molecule has 1 N–H and O–H groups in total. The van der Waals surface area contributed by atoms with Crippen LogP contribution >= 0.6 is 0 Å². The Labute approximate surface area is 65.1 Å². The van der Waals surface area contributed by atoms with Crippen LogP contribution in [0.25, 0.3) is 0 Å². The first-order valence-electron chi connectivity index (χ1n) is 2.15. The molecule has 0 spiro atoms. The molecule has 7 heavy (non-hydrogen) atoms. The van der Waals surface area contributed by atoms with Crippen molar-refractivity contribution in [2.75, 3.05) is 13.2 Å². The summed E-state index contributed by atoms with van der Waals surface area (Å²) in [6, 6.07) is 0. The van der Waals surface area contributed by atoms with E-state index in [0.717, 1.165) is 13.0 Å². The van der Waals surface area contributed by atoms with Crippen molar-refractivity contribution in [1.82, 2.24) is 0 Å².